The molecule has 0 saturated heterocycles. The Morgan fingerprint density at radius 2 is 1.97 bits per heavy atom. The van der Waals surface area contributed by atoms with Crippen LogP contribution in [0.25, 0.3) is 0 Å². The van der Waals surface area contributed by atoms with Crippen molar-refractivity contribution in [3.8, 4) is 0 Å². The number of carbonyl (C=O) groups is 3. The summed E-state index contributed by atoms with van der Waals surface area (Å²) in [6, 6.07) is 0. The summed E-state index contributed by atoms with van der Waals surface area (Å²) in [6.07, 6.45) is 0.803. The van der Waals surface area contributed by atoms with Crippen molar-refractivity contribution < 1.29 is 33.0 Å². The number of esters is 1. The van der Waals surface area contributed by atoms with E-state index in [0.29, 0.717) is 6.42 Å². The molecule has 4 aliphatic carbocycles. The van der Waals surface area contributed by atoms with Crippen molar-refractivity contribution in [3.63, 3.8) is 0 Å². The third-order valence-electron chi connectivity index (χ3n) is 9.30. The van der Waals surface area contributed by atoms with Gasteiger partial charge in [-0.3, -0.25) is 14.4 Å². The van der Waals surface area contributed by atoms with Gasteiger partial charge in [-0.15, -0.1) is 11.6 Å². The van der Waals surface area contributed by atoms with Gasteiger partial charge in [0.15, 0.2) is 22.8 Å². The van der Waals surface area contributed by atoms with Crippen LogP contribution in [-0.4, -0.2) is 45.9 Å². The van der Waals surface area contributed by atoms with E-state index in [9.17, 15) is 19.5 Å². The van der Waals surface area contributed by atoms with Crippen LogP contribution >= 0.6 is 11.6 Å². The van der Waals surface area contributed by atoms with Gasteiger partial charge in [0, 0.05) is 41.9 Å². The van der Waals surface area contributed by atoms with Crippen LogP contribution in [0, 0.1) is 28.6 Å². The topological polar surface area (TPSA) is 80.7 Å². The van der Waals surface area contributed by atoms with Gasteiger partial charge in [0.25, 0.3) is 0 Å². The minimum Gasteiger partial charge on any atom is -0.450 e. The van der Waals surface area contributed by atoms with E-state index < -0.39 is 69.4 Å². The smallest absolute Gasteiger partial charge is 0.306 e. The molecule has 0 aromatic heterocycles. The summed E-state index contributed by atoms with van der Waals surface area (Å²) in [5.74, 6) is -4.30. The molecule has 4 rings (SSSR count). The zero-order chi connectivity index (χ0) is 24.6. The molecular formula is C25H31ClF2O5. The lowest BCUT2D eigenvalue weighted by molar-refractivity contribution is -0.225. The highest BCUT2D eigenvalue weighted by Gasteiger charge is 2.77. The summed E-state index contributed by atoms with van der Waals surface area (Å²) in [5.41, 5.74) is -6.41. The zero-order valence-electron chi connectivity index (χ0n) is 19.4. The largest absolute Gasteiger partial charge is 0.450 e. The maximum atomic E-state index is 17.2. The fourth-order valence-electron chi connectivity index (χ4n) is 7.72. The molecule has 0 spiro atoms. The van der Waals surface area contributed by atoms with Gasteiger partial charge >= 0.3 is 5.97 Å². The molecule has 5 nitrogen and oxygen atoms in total. The molecule has 8 atom stereocenters. The number of allylic oxidation sites excluding steroid dienone is 4. The lowest BCUT2D eigenvalue weighted by Crippen LogP contribution is -2.70. The summed E-state index contributed by atoms with van der Waals surface area (Å²) in [6.45, 7) is 6.65. The van der Waals surface area contributed by atoms with Crippen molar-refractivity contribution in [2.45, 2.75) is 77.2 Å². The monoisotopic (exact) mass is 484 g/mol. The molecule has 8 heteroatoms. The maximum Gasteiger partial charge on any atom is 0.306 e. The number of hydrogen-bond donors (Lipinski definition) is 1. The summed E-state index contributed by atoms with van der Waals surface area (Å²) >= 11 is 5.97. The fourth-order valence-corrected chi connectivity index (χ4v) is 7.92. The molecule has 0 bridgehead atoms. The normalized spacial score (nSPS) is 46.5. The number of hydrogen-bond acceptors (Lipinski definition) is 5. The molecule has 0 aromatic rings. The summed E-state index contributed by atoms with van der Waals surface area (Å²) in [5, 5.41) is 11.4. The lowest BCUT2D eigenvalue weighted by atomic mass is 9.45. The summed E-state index contributed by atoms with van der Waals surface area (Å²) < 4.78 is 38.5. The Labute approximate surface area is 197 Å². The van der Waals surface area contributed by atoms with Gasteiger partial charge in [0.05, 0.1) is 12.0 Å². The Morgan fingerprint density at radius 3 is 2.58 bits per heavy atom. The highest BCUT2D eigenvalue weighted by atomic mass is 35.5. The number of halogens is 3. The second-order valence-corrected chi connectivity index (χ2v) is 10.9. The molecule has 182 valence electrons. The van der Waals surface area contributed by atoms with Crippen molar-refractivity contribution >= 4 is 29.1 Å². The van der Waals surface area contributed by atoms with Crippen LogP contribution in [0.2, 0.25) is 0 Å². The van der Waals surface area contributed by atoms with Crippen LogP contribution < -0.4 is 0 Å². The minimum absolute atomic E-state index is 0.0431. The first-order valence-corrected chi connectivity index (χ1v) is 12.1. The van der Waals surface area contributed by atoms with Crippen LogP contribution in [-0.2, 0) is 19.1 Å². The van der Waals surface area contributed by atoms with E-state index in [1.165, 1.54) is 19.1 Å². The average Bonchev–Trinajstić information content (AvgIpc) is 2.98. The molecule has 0 amide bonds. The molecule has 1 N–H and O–H groups in total. The van der Waals surface area contributed by atoms with Gasteiger partial charge in [-0.25, -0.2) is 8.78 Å². The Morgan fingerprint density at radius 1 is 1.30 bits per heavy atom. The van der Waals surface area contributed by atoms with E-state index >= 15 is 8.78 Å². The molecular weight excluding hydrogens is 454 g/mol. The van der Waals surface area contributed by atoms with Crippen molar-refractivity contribution in [1.82, 2.24) is 0 Å². The number of ketones is 2. The predicted octanol–water partition coefficient (Wildman–Crippen LogP) is 4.40. The molecule has 0 heterocycles. The molecule has 2 saturated carbocycles. The van der Waals surface area contributed by atoms with Crippen molar-refractivity contribution in [3.05, 3.63) is 23.6 Å². The maximum absolute atomic E-state index is 17.2. The minimum atomic E-state index is -2.24. The molecule has 2 unspecified atom stereocenters. The second kappa shape index (κ2) is 7.70. The second-order valence-electron chi connectivity index (χ2n) is 10.6. The number of carbonyl (C=O) groups excluding carboxylic acids is 3. The molecule has 0 aromatic carbocycles. The van der Waals surface area contributed by atoms with E-state index in [4.69, 9.17) is 16.3 Å². The average molecular weight is 485 g/mol. The van der Waals surface area contributed by atoms with Crippen LogP contribution in [0.15, 0.2) is 23.6 Å². The molecule has 33 heavy (non-hydrogen) atoms. The van der Waals surface area contributed by atoms with Gasteiger partial charge in [0.2, 0.25) is 0 Å². The third kappa shape index (κ3) is 2.87. The number of Topliss-reactive ketones (excluding diaryl/α,β-unsaturated/α-hetero) is 1. The number of aliphatic hydroxyl groups excluding tert-OH is 1. The number of rotatable bonds is 4. The van der Waals surface area contributed by atoms with E-state index in [1.807, 2.05) is 0 Å². The van der Waals surface area contributed by atoms with E-state index in [0.717, 1.165) is 0 Å². The SMILES string of the molecule is CCC(=O)O[C@]1(C(=O)CCl)[C@@H](C)CC2C3CC(F)=C4CC(=O)C=C[C@]4(C)[C@@]3(F)[C@@H](O)C[C@@]21C. The van der Waals surface area contributed by atoms with Crippen LogP contribution in [0.3, 0.4) is 0 Å². The van der Waals surface area contributed by atoms with E-state index in [1.54, 1.807) is 20.8 Å². The van der Waals surface area contributed by atoms with Gasteiger partial charge in [0.1, 0.15) is 5.83 Å². The number of aliphatic hydroxyl groups is 1. The van der Waals surface area contributed by atoms with Crippen LogP contribution in [0.1, 0.15) is 59.8 Å². The summed E-state index contributed by atoms with van der Waals surface area (Å²) in [4.78, 5) is 37.7. The van der Waals surface area contributed by atoms with Gasteiger partial charge < -0.3 is 9.84 Å². The number of fused-ring (bicyclic) bond motifs is 5. The van der Waals surface area contributed by atoms with Gasteiger partial charge in [-0.1, -0.05) is 26.8 Å². The summed E-state index contributed by atoms with van der Waals surface area (Å²) in [7, 11) is 0. The van der Waals surface area contributed by atoms with Crippen LogP contribution in [0.4, 0.5) is 8.78 Å². The molecule has 4 aliphatic rings. The lowest BCUT2D eigenvalue weighted by Gasteiger charge is -2.62. The number of ether oxygens (including phenoxy) is 1. The van der Waals surface area contributed by atoms with E-state index in [-0.39, 0.29) is 37.0 Å². The first kappa shape index (κ1) is 24.5. The van der Waals surface area contributed by atoms with Crippen molar-refractivity contribution in [2.75, 3.05) is 5.88 Å². The third-order valence-corrected chi connectivity index (χ3v) is 9.54. The Kier molecular flexibility index (Phi) is 5.73. The van der Waals surface area contributed by atoms with Crippen LogP contribution in [0.5, 0.6) is 0 Å². The molecule has 0 radical (unpaired) electrons. The fraction of sp³-hybridized carbons (Fsp3) is 0.720. The molecule has 2 fully saturated rings. The van der Waals surface area contributed by atoms with E-state index in [2.05, 4.69) is 0 Å². The van der Waals surface area contributed by atoms with Crippen molar-refractivity contribution in [1.29, 1.82) is 0 Å². The highest BCUT2D eigenvalue weighted by Crippen LogP contribution is 2.71. The zero-order valence-corrected chi connectivity index (χ0v) is 20.2. The Bertz CT molecular complexity index is 978. The Balaban J connectivity index is 1.89. The first-order valence-electron chi connectivity index (χ1n) is 11.6. The quantitative estimate of drug-likeness (QED) is 0.472. The highest BCUT2D eigenvalue weighted by molar-refractivity contribution is 6.29. The predicted molar refractivity (Wildman–Crippen MR) is 118 cm³/mol. The van der Waals surface area contributed by atoms with Gasteiger partial charge in [-0.2, -0.15) is 0 Å². The molecule has 0 aliphatic heterocycles. The van der Waals surface area contributed by atoms with Gasteiger partial charge in [-0.05, 0) is 37.3 Å². The first-order chi connectivity index (χ1) is 15.3. The number of alkyl halides is 2. The Hall–Kier alpha value is -1.60. The van der Waals surface area contributed by atoms with Crippen molar-refractivity contribution in [2.24, 2.45) is 28.6 Å². The standard InChI is InChI=1S/C25H31ClF2O5/c1-5-21(32)33-25(20(31)12-26)13(2)8-15-16-10-18(27)17-9-14(29)6-7-22(17,3)24(16,28)19(30)11-23(15,25)4/h6-7,13,15-16,19,30H,5,8-12H2,1-4H3/t13-,15?,16?,19-,22-,23-,24-,25-/m0/s1.